The predicted molar refractivity (Wildman–Crippen MR) is 79.7 cm³/mol. The molecular formula is C17H21NO. The summed E-state index contributed by atoms with van der Waals surface area (Å²) in [5.74, 6) is 0.848. The number of aryl methyl sites for hydroxylation is 3. The average molecular weight is 255 g/mol. The van der Waals surface area contributed by atoms with Gasteiger partial charge < -0.3 is 10.5 Å². The first-order chi connectivity index (χ1) is 9.04. The molecule has 2 nitrogen and oxygen atoms in total. The van der Waals surface area contributed by atoms with Gasteiger partial charge in [-0.15, -0.1) is 0 Å². The number of methoxy groups -OCH3 is 1. The van der Waals surface area contributed by atoms with Crippen molar-refractivity contribution in [2.45, 2.75) is 26.8 Å². The summed E-state index contributed by atoms with van der Waals surface area (Å²) in [6.07, 6.45) is 0. The van der Waals surface area contributed by atoms with E-state index in [1.165, 1.54) is 22.3 Å². The highest BCUT2D eigenvalue weighted by molar-refractivity contribution is 5.47. The lowest BCUT2D eigenvalue weighted by Gasteiger charge is -2.20. The third-order valence-electron chi connectivity index (χ3n) is 3.57. The largest absolute Gasteiger partial charge is 0.496 e. The third-order valence-corrected chi connectivity index (χ3v) is 3.57. The fraction of sp³-hybridized carbons (Fsp3) is 0.294. The molecule has 100 valence electrons. The minimum absolute atomic E-state index is 0.156. The third kappa shape index (κ3) is 2.64. The first-order valence-electron chi connectivity index (χ1n) is 6.51. The van der Waals surface area contributed by atoms with Gasteiger partial charge in [-0.2, -0.15) is 0 Å². The predicted octanol–water partition coefficient (Wildman–Crippen LogP) is 3.67. The number of rotatable bonds is 3. The van der Waals surface area contributed by atoms with E-state index in [1.807, 2.05) is 12.1 Å². The van der Waals surface area contributed by atoms with Crippen LogP contribution < -0.4 is 10.5 Å². The van der Waals surface area contributed by atoms with Crippen LogP contribution in [-0.4, -0.2) is 7.11 Å². The van der Waals surface area contributed by atoms with Crippen molar-refractivity contribution < 1.29 is 4.74 Å². The molecule has 0 aliphatic rings. The Kier molecular flexibility index (Phi) is 3.91. The van der Waals surface area contributed by atoms with Crippen LogP contribution in [0.25, 0.3) is 0 Å². The zero-order chi connectivity index (χ0) is 14.0. The van der Waals surface area contributed by atoms with E-state index < -0.39 is 0 Å². The quantitative estimate of drug-likeness (QED) is 0.908. The Morgan fingerprint density at radius 3 is 2.21 bits per heavy atom. The number of ether oxygens (including phenoxy) is 1. The molecule has 0 saturated heterocycles. The molecule has 2 heteroatoms. The van der Waals surface area contributed by atoms with Crippen LogP contribution in [0.1, 0.15) is 33.9 Å². The minimum Gasteiger partial charge on any atom is -0.496 e. The molecule has 2 rings (SSSR count). The van der Waals surface area contributed by atoms with Crippen LogP contribution in [0.4, 0.5) is 0 Å². The fourth-order valence-electron chi connectivity index (χ4n) is 2.57. The molecule has 0 bridgehead atoms. The second-order valence-corrected chi connectivity index (χ2v) is 5.03. The lowest BCUT2D eigenvalue weighted by Crippen LogP contribution is -2.16. The Balaban J connectivity index is 2.55. The second kappa shape index (κ2) is 5.45. The molecule has 2 N–H and O–H groups in total. The van der Waals surface area contributed by atoms with E-state index in [0.717, 1.165) is 11.3 Å². The molecule has 1 atom stereocenters. The van der Waals surface area contributed by atoms with Gasteiger partial charge in [0, 0.05) is 5.56 Å². The summed E-state index contributed by atoms with van der Waals surface area (Å²) in [4.78, 5) is 0. The molecule has 0 radical (unpaired) electrons. The van der Waals surface area contributed by atoms with Crippen molar-refractivity contribution in [3.8, 4) is 5.75 Å². The zero-order valence-corrected chi connectivity index (χ0v) is 12.0. The van der Waals surface area contributed by atoms with E-state index in [0.29, 0.717) is 0 Å². The van der Waals surface area contributed by atoms with Gasteiger partial charge in [0.2, 0.25) is 0 Å². The highest BCUT2D eigenvalue weighted by Crippen LogP contribution is 2.32. The van der Waals surface area contributed by atoms with Crippen molar-refractivity contribution >= 4 is 0 Å². The van der Waals surface area contributed by atoms with Crippen molar-refractivity contribution in [1.82, 2.24) is 0 Å². The fourth-order valence-corrected chi connectivity index (χ4v) is 2.57. The maximum atomic E-state index is 6.48. The first kappa shape index (κ1) is 13.6. The molecule has 2 aromatic carbocycles. The van der Waals surface area contributed by atoms with E-state index in [2.05, 4.69) is 45.0 Å². The van der Waals surface area contributed by atoms with Crippen molar-refractivity contribution in [2.75, 3.05) is 7.11 Å². The van der Waals surface area contributed by atoms with Gasteiger partial charge in [-0.3, -0.25) is 0 Å². The second-order valence-electron chi connectivity index (χ2n) is 5.03. The maximum absolute atomic E-state index is 6.48. The number of benzene rings is 2. The van der Waals surface area contributed by atoms with Crippen LogP contribution in [0.5, 0.6) is 5.75 Å². The van der Waals surface area contributed by atoms with Crippen LogP contribution in [0.3, 0.4) is 0 Å². The Hall–Kier alpha value is -1.80. The molecule has 19 heavy (non-hydrogen) atoms. The van der Waals surface area contributed by atoms with Crippen molar-refractivity contribution in [3.63, 3.8) is 0 Å². The molecule has 0 spiro atoms. The molecule has 2 aromatic rings. The summed E-state index contributed by atoms with van der Waals surface area (Å²) in [6.45, 7) is 6.27. The average Bonchev–Trinajstić information content (AvgIpc) is 2.38. The Morgan fingerprint density at radius 2 is 1.63 bits per heavy atom. The maximum Gasteiger partial charge on any atom is 0.123 e. The Morgan fingerprint density at radius 1 is 1.00 bits per heavy atom. The molecule has 0 fully saturated rings. The summed E-state index contributed by atoms with van der Waals surface area (Å²) in [6, 6.07) is 12.2. The van der Waals surface area contributed by atoms with Gasteiger partial charge >= 0.3 is 0 Å². The van der Waals surface area contributed by atoms with E-state index >= 15 is 0 Å². The smallest absolute Gasteiger partial charge is 0.123 e. The summed E-state index contributed by atoms with van der Waals surface area (Å²) in [7, 11) is 1.69. The summed E-state index contributed by atoms with van der Waals surface area (Å²) >= 11 is 0. The number of hydrogen-bond donors (Lipinski definition) is 1. The summed E-state index contributed by atoms with van der Waals surface area (Å²) in [5.41, 5.74) is 12.3. The van der Waals surface area contributed by atoms with Gasteiger partial charge in [0.15, 0.2) is 0 Å². The zero-order valence-electron chi connectivity index (χ0n) is 12.0. The van der Waals surface area contributed by atoms with Crippen molar-refractivity contribution in [1.29, 1.82) is 0 Å². The lowest BCUT2D eigenvalue weighted by molar-refractivity contribution is 0.407. The van der Waals surface area contributed by atoms with E-state index in [4.69, 9.17) is 10.5 Å². The van der Waals surface area contributed by atoms with Crippen LogP contribution >= 0.6 is 0 Å². The molecular weight excluding hydrogens is 234 g/mol. The van der Waals surface area contributed by atoms with Gasteiger partial charge in [-0.05, 0) is 43.5 Å². The minimum atomic E-state index is -0.156. The topological polar surface area (TPSA) is 35.2 Å². The monoisotopic (exact) mass is 255 g/mol. The van der Waals surface area contributed by atoms with E-state index in [-0.39, 0.29) is 6.04 Å². The van der Waals surface area contributed by atoms with Crippen molar-refractivity contribution in [2.24, 2.45) is 5.73 Å². The van der Waals surface area contributed by atoms with E-state index in [9.17, 15) is 0 Å². The van der Waals surface area contributed by atoms with Crippen molar-refractivity contribution in [3.05, 3.63) is 64.2 Å². The van der Waals surface area contributed by atoms with Gasteiger partial charge in [0.1, 0.15) is 5.75 Å². The molecule has 0 aromatic heterocycles. The summed E-state index contributed by atoms with van der Waals surface area (Å²) in [5, 5.41) is 0. The molecule has 0 saturated carbocycles. The molecule has 0 heterocycles. The standard InChI is InChI=1S/C17H21NO/c1-11-8-9-15(19-4)14(10-11)17(18)16-12(2)6-5-7-13(16)3/h5-10,17H,18H2,1-4H3. The molecule has 1 unspecified atom stereocenters. The van der Waals surface area contributed by atoms with Crippen LogP contribution in [0.15, 0.2) is 36.4 Å². The SMILES string of the molecule is COc1ccc(C)cc1C(N)c1c(C)cccc1C. The van der Waals surface area contributed by atoms with Crippen LogP contribution in [0, 0.1) is 20.8 Å². The highest BCUT2D eigenvalue weighted by atomic mass is 16.5. The van der Waals surface area contributed by atoms with Crippen LogP contribution in [-0.2, 0) is 0 Å². The summed E-state index contributed by atoms with van der Waals surface area (Å²) < 4.78 is 5.44. The van der Waals surface area contributed by atoms with Gasteiger partial charge in [0.05, 0.1) is 13.2 Å². The molecule has 0 aliphatic carbocycles. The number of hydrogen-bond acceptors (Lipinski definition) is 2. The van der Waals surface area contributed by atoms with Gasteiger partial charge in [0.25, 0.3) is 0 Å². The Bertz CT molecular complexity index is 570. The lowest BCUT2D eigenvalue weighted by atomic mass is 9.91. The Labute approximate surface area is 115 Å². The van der Waals surface area contributed by atoms with E-state index in [1.54, 1.807) is 7.11 Å². The normalized spacial score (nSPS) is 12.3. The highest BCUT2D eigenvalue weighted by Gasteiger charge is 2.17. The van der Waals surface area contributed by atoms with Gasteiger partial charge in [-0.1, -0.05) is 35.9 Å². The van der Waals surface area contributed by atoms with Crippen LogP contribution in [0.2, 0.25) is 0 Å². The van der Waals surface area contributed by atoms with Gasteiger partial charge in [-0.25, -0.2) is 0 Å². The molecule has 0 aliphatic heterocycles. The number of nitrogens with two attached hydrogens (primary N) is 1. The molecule has 0 amide bonds. The first-order valence-corrected chi connectivity index (χ1v) is 6.51.